The number of aliphatic carboxylic acids is 1. The van der Waals surface area contributed by atoms with Gasteiger partial charge in [0.15, 0.2) is 0 Å². The smallest absolute Gasteiger partial charge is 0.220 e. The number of hydrogen-bond acceptors (Lipinski definition) is 5. The summed E-state index contributed by atoms with van der Waals surface area (Å²) >= 11 is 0. The molecule has 7 heteroatoms. The van der Waals surface area contributed by atoms with Gasteiger partial charge in [-0.15, -0.1) is 0 Å². The molecule has 1 rings (SSSR count). The van der Waals surface area contributed by atoms with E-state index in [9.17, 15) is 24.3 Å². The lowest BCUT2D eigenvalue weighted by Crippen LogP contribution is -2.48. The number of carboxylic acid groups (broad SMARTS) is 1. The molecule has 0 aromatic rings. The second-order valence-corrected chi connectivity index (χ2v) is 6.14. The van der Waals surface area contributed by atoms with Gasteiger partial charge in [-0.1, -0.05) is 19.1 Å². The molecule has 0 bridgehead atoms. The summed E-state index contributed by atoms with van der Waals surface area (Å²) in [6, 6.07) is -1.25. The zero-order valence-electron chi connectivity index (χ0n) is 14.0. The Morgan fingerprint density at radius 1 is 1.38 bits per heavy atom. The number of rotatable bonds is 10. The summed E-state index contributed by atoms with van der Waals surface area (Å²) in [5.74, 6) is -2.66. The number of nitrogens with one attached hydrogen (secondary N) is 1. The van der Waals surface area contributed by atoms with Crippen LogP contribution in [0, 0.1) is 11.8 Å². The summed E-state index contributed by atoms with van der Waals surface area (Å²) in [5.41, 5.74) is 4.99. The van der Waals surface area contributed by atoms with Crippen LogP contribution in [0.1, 0.15) is 51.9 Å². The first kappa shape index (κ1) is 19.9. The molecule has 134 valence electrons. The van der Waals surface area contributed by atoms with E-state index in [1.807, 2.05) is 19.1 Å². The molecular weight excluding hydrogens is 312 g/mol. The maximum atomic E-state index is 12.1. The van der Waals surface area contributed by atoms with Crippen molar-refractivity contribution in [3.8, 4) is 0 Å². The van der Waals surface area contributed by atoms with Gasteiger partial charge in [0.05, 0.1) is 12.0 Å². The van der Waals surface area contributed by atoms with Crippen LogP contribution in [-0.2, 0) is 19.2 Å². The number of primary amides is 1. The second kappa shape index (κ2) is 9.85. The van der Waals surface area contributed by atoms with Gasteiger partial charge in [-0.3, -0.25) is 14.4 Å². The Balaban J connectivity index is 2.57. The van der Waals surface area contributed by atoms with E-state index in [4.69, 9.17) is 5.73 Å². The summed E-state index contributed by atoms with van der Waals surface area (Å²) in [6.07, 6.45) is 6.36. The van der Waals surface area contributed by atoms with Gasteiger partial charge >= 0.3 is 0 Å². The van der Waals surface area contributed by atoms with Gasteiger partial charge in [0.1, 0.15) is 5.78 Å². The highest BCUT2D eigenvalue weighted by Gasteiger charge is 2.35. The van der Waals surface area contributed by atoms with Crippen molar-refractivity contribution in [3.63, 3.8) is 0 Å². The highest BCUT2D eigenvalue weighted by atomic mass is 16.4. The Hall–Kier alpha value is -2.18. The van der Waals surface area contributed by atoms with Gasteiger partial charge in [0.25, 0.3) is 0 Å². The van der Waals surface area contributed by atoms with Crippen LogP contribution in [0.15, 0.2) is 12.2 Å². The van der Waals surface area contributed by atoms with E-state index in [0.29, 0.717) is 19.3 Å². The fraction of sp³-hybridized carbons (Fsp3) is 0.647. The topological polar surface area (TPSA) is 129 Å². The third kappa shape index (κ3) is 6.52. The molecule has 0 spiro atoms. The molecule has 0 radical (unpaired) electrons. The Labute approximate surface area is 141 Å². The molecule has 0 aromatic carbocycles. The fourth-order valence-corrected chi connectivity index (χ4v) is 2.98. The van der Waals surface area contributed by atoms with Crippen molar-refractivity contribution < 1.29 is 24.3 Å². The molecule has 2 unspecified atom stereocenters. The van der Waals surface area contributed by atoms with E-state index < -0.39 is 23.8 Å². The van der Waals surface area contributed by atoms with Gasteiger partial charge < -0.3 is 21.0 Å². The number of hydrogen-bond donors (Lipinski definition) is 2. The predicted octanol–water partition coefficient (Wildman–Crippen LogP) is -0.172. The predicted molar refractivity (Wildman–Crippen MR) is 85.3 cm³/mol. The third-order valence-electron chi connectivity index (χ3n) is 4.28. The third-order valence-corrected chi connectivity index (χ3v) is 4.28. The normalized spacial score (nSPS) is 21.8. The first-order valence-electron chi connectivity index (χ1n) is 8.31. The highest BCUT2D eigenvalue weighted by molar-refractivity contribution is 5.87. The van der Waals surface area contributed by atoms with Crippen LogP contribution in [0.25, 0.3) is 0 Å². The quantitative estimate of drug-likeness (QED) is 0.535. The Morgan fingerprint density at radius 3 is 2.67 bits per heavy atom. The Bertz CT molecular complexity index is 515. The van der Waals surface area contributed by atoms with Crippen molar-refractivity contribution in [1.29, 1.82) is 0 Å². The maximum absolute atomic E-state index is 12.1. The molecule has 1 saturated carbocycles. The molecule has 3 N–H and O–H groups in total. The molecule has 1 fully saturated rings. The molecule has 2 amide bonds. The van der Waals surface area contributed by atoms with E-state index >= 15 is 0 Å². The van der Waals surface area contributed by atoms with E-state index in [1.54, 1.807) is 0 Å². The number of ketones is 1. The van der Waals surface area contributed by atoms with Gasteiger partial charge in [-0.25, -0.2) is 0 Å². The number of Topliss-reactive ketones (excluding diaryl/α,β-unsaturated/α-hetero) is 1. The summed E-state index contributed by atoms with van der Waals surface area (Å²) in [6.45, 7) is 2.00. The van der Waals surface area contributed by atoms with Crippen LogP contribution in [0.5, 0.6) is 0 Å². The number of nitrogens with two attached hydrogens (primary N) is 1. The summed E-state index contributed by atoms with van der Waals surface area (Å²) < 4.78 is 0. The van der Waals surface area contributed by atoms with Crippen LogP contribution in [0.2, 0.25) is 0 Å². The molecular formula is C17H25N2O5-. The highest BCUT2D eigenvalue weighted by Crippen LogP contribution is 2.34. The maximum Gasteiger partial charge on any atom is 0.220 e. The Morgan fingerprint density at radius 2 is 2.08 bits per heavy atom. The number of carboxylic acids is 1. The second-order valence-electron chi connectivity index (χ2n) is 6.14. The van der Waals surface area contributed by atoms with Crippen molar-refractivity contribution in [2.75, 3.05) is 0 Å². The van der Waals surface area contributed by atoms with Crippen molar-refractivity contribution in [3.05, 3.63) is 12.2 Å². The minimum Gasteiger partial charge on any atom is -0.548 e. The molecule has 1 aliphatic carbocycles. The summed E-state index contributed by atoms with van der Waals surface area (Å²) in [4.78, 5) is 45.8. The number of carbonyl (C=O) groups is 4. The number of amides is 2. The zero-order valence-corrected chi connectivity index (χ0v) is 14.0. The molecule has 0 saturated heterocycles. The SMILES string of the molecule is CC/C=C\CC1C(=O)CCC1CC(=O)N[C@@H](CCC(N)=O)C(=O)[O-]. The molecule has 1 aliphatic rings. The first-order chi connectivity index (χ1) is 11.3. The van der Waals surface area contributed by atoms with E-state index in [2.05, 4.69) is 5.32 Å². The van der Waals surface area contributed by atoms with Crippen LogP contribution in [-0.4, -0.2) is 29.6 Å². The first-order valence-corrected chi connectivity index (χ1v) is 8.31. The summed E-state index contributed by atoms with van der Waals surface area (Å²) in [7, 11) is 0. The number of carbonyl (C=O) groups excluding carboxylic acids is 4. The largest absolute Gasteiger partial charge is 0.548 e. The van der Waals surface area contributed by atoms with Crippen LogP contribution in [0.3, 0.4) is 0 Å². The number of allylic oxidation sites excluding steroid dienone is 2. The lowest BCUT2D eigenvalue weighted by Gasteiger charge is -2.22. The molecule has 24 heavy (non-hydrogen) atoms. The standard InChI is InChI=1S/C17H26N2O5/c1-2-3-4-5-12-11(6-8-14(12)20)10-16(22)19-13(17(23)24)7-9-15(18)21/h3-4,11-13H,2,5-10H2,1H3,(H2,18,21)(H,19,22)(H,23,24)/p-1/b4-3-/t11?,12?,13-/m0/s1. The van der Waals surface area contributed by atoms with Gasteiger partial charge in [-0.05, 0) is 31.6 Å². The van der Waals surface area contributed by atoms with Gasteiger partial charge in [0, 0.05) is 25.2 Å². The lowest BCUT2D eigenvalue weighted by molar-refractivity contribution is -0.308. The average molecular weight is 337 g/mol. The van der Waals surface area contributed by atoms with E-state index in [-0.39, 0.29) is 36.9 Å². The van der Waals surface area contributed by atoms with Crippen LogP contribution < -0.4 is 16.2 Å². The van der Waals surface area contributed by atoms with Gasteiger partial charge in [-0.2, -0.15) is 0 Å². The Kier molecular flexibility index (Phi) is 8.15. The monoisotopic (exact) mass is 337 g/mol. The average Bonchev–Trinajstić information content (AvgIpc) is 2.84. The van der Waals surface area contributed by atoms with Crippen molar-refractivity contribution >= 4 is 23.6 Å². The van der Waals surface area contributed by atoms with Crippen molar-refractivity contribution in [2.24, 2.45) is 17.6 Å². The minimum absolute atomic E-state index is 0.0856. The molecule has 0 heterocycles. The van der Waals surface area contributed by atoms with Crippen LogP contribution in [0.4, 0.5) is 0 Å². The van der Waals surface area contributed by atoms with Crippen molar-refractivity contribution in [2.45, 2.75) is 57.9 Å². The summed E-state index contributed by atoms with van der Waals surface area (Å²) in [5, 5.41) is 13.4. The molecule has 0 aliphatic heterocycles. The zero-order chi connectivity index (χ0) is 18.1. The molecule has 0 aromatic heterocycles. The van der Waals surface area contributed by atoms with Gasteiger partial charge in [0.2, 0.25) is 11.8 Å². The molecule has 3 atom stereocenters. The van der Waals surface area contributed by atoms with Crippen LogP contribution >= 0.6 is 0 Å². The fourth-order valence-electron chi connectivity index (χ4n) is 2.98. The van der Waals surface area contributed by atoms with Crippen molar-refractivity contribution in [1.82, 2.24) is 5.32 Å². The lowest BCUT2D eigenvalue weighted by atomic mass is 9.89. The molecule has 7 nitrogen and oxygen atoms in total. The van der Waals surface area contributed by atoms with E-state index in [1.165, 1.54) is 0 Å². The minimum atomic E-state index is -1.45. The van der Waals surface area contributed by atoms with E-state index in [0.717, 1.165) is 6.42 Å².